The van der Waals surface area contributed by atoms with E-state index in [0.29, 0.717) is 6.42 Å². The van der Waals surface area contributed by atoms with Crippen molar-refractivity contribution in [2.45, 2.75) is 50.4 Å². The van der Waals surface area contributed by atoms with Crippen LogP contribution in [0.5, 0.6) is 0 Å². The molecule has 0 bridgehead atoms. The molecule has 136 valence electrons. The first-order valence-electron chi connectivity index (χ1n) is 7.89. The Labute approximate surface area is 140 Å². The average Bonchev–Trinajstić information content (AvgIpc) is 2.54. The van der Waals surface area contributed by atoms with Crippen LogP contribution in [-0.4, -0.2) is 31.9 Å². The maximum absolute atomic E-state index is 13.6. The molecule has 0 aliphatic carbocycles. The topological polar surface area (TPSA) is 61.5 Å². The lowest BCUT2D eigenvalue weighted by Gasteiger charge is -2.32. The van der Waals surface area contributed by atoms with E-state index in [-0.39, 0.29) is 12.2 Å². The Morgan fingerprint density at radius 1 is 1.21 bits per heavy atom. The second kappa shape index (κ2) is 9.03. The number of ether oxygens (including phenoxy) is 2. The first kappa shape index (κ1) is 20.4. The van der Waals surface area contributed by atoms with Crippen molar-refractivity contribution in [1.82, 2.24) is 0 Å². The smallest absolute Gasteiger partial charge is 0.432 e. The van der Waals surface area contributed by atoms with Crippen LogP contribution in [0.25, 0.3) is 0 Å². The molecule has 0 radical (unpaired) electrons. The normalized spacial score (nSPS) is 15.6. The molecule has 1 unspecified atom stereocenters. The van der Waals surface area contributed by atoms with Crippen molar-refractivity contribution in [2.24, 2.45) is 5.73 Å². The molecule has 1 aromatic carbocycles. The van der Waals surface area contributed by atoms with Crippen LogP contribution in [-0.2, 0) is 19.9 Å². The highest BCUT2D eigenvalue weighted by Crippen LogP contribution is 2.42. The van der Waals surface area contributed by atoms with Crippen LogP contribution < -0.4 is 5.73 Å². The van der Waals surface area contributed by atoms with E-state index in [9.17, 15) is 18.0 Å². The standard InChI is InChI=1S/C17H24F3NO3/c1-3-4-6-11-14(21)12-24-15(22)16(23-2,17(18,19)20)13-9-7-5-8-10-13/h5,7-10,14H,3-4,6,11-12,21H2,1-2H3/t14-,16?/m1/s1. The van der Waals surface area contributed by atoms with Gasteiger partial charge in [0.1, 0.15) is 6.61 Å². The number of carbonyl (C=O) groups is 1. The van der Waals surface area contributed by atoms with Gasteiger partial charge in [0.25, 0.3) is 5.60 Å². The summed E-state index contributed by atoms with van der Waals surface area (Å²) < 4.78 is 50.4. The fraction of sp³-hybridized carbons (Fsp3) is 0.588. The summed E-state index contributed by atoms with van der Waals surface area (Å²) in [6.07, 6.45) is -1.58. The number of carbonyl (C=O) groups excluding carboxylic acids is 1. The van der Waals surface area contributed by atoms with Crippen molar-refractivity contribution < 1.29 is 27.4 Å². The van der Waals surface area contributed by atoms with Crippen molar-refractivity contribution in [3.05, 3.63) is 35.9 Å². The maximum atomic E-state index is 13.6. The average molecular weight is 347 g/mol. The molecule has 2 atom stereocenters. The Balaban J connectivity index is 2.90. The summed E-state index contributed by atoms with van der Waals surface area (Å²) in [5.74, 6) is -1.50. The summed E-state index contributed by atoms with van der Waals surface area (Å²) >= 11 is 0. The van der Waals surface area contributed by atoms with Gasteiger partial charge < -0.3 is 15.2 Å². The molecule has 24 heavy (non-hydrogen) atoms. The van der Waals surface area contributed by atoms with E-state index in [1.165, 1.54) is 24.3 Å². The van der Waals surface area contributed by atoms with E-state index >= 15 is 0 Å². The molecular formula is C17H24F3NO3. The summed E-state index contributed by atoms with van der Waals surface area (Å²) in [6.45, 7) is 1.75. The molecule has 0 saturated heterocycles. The highest BCUT2D eigenvalue weighted by molar-refractivity contribution is 5.82. The fourth-order valence-corrected chi connectivity index (χ4v) is 2.41. The Morgan fingerprint density at radius 3 is 2.33 bits per heavy atom. The number of hydrogen-bond donors (Lipinski definition) is 1. The molecule has 0 aromatic heterocycles. The van der Waals surface area contributed by atoms with Crippen LogP contribution in [0.1, 0.15) is 38.2 Å². The summed E-state index contributed by atoms with van der Waals surface area (Å²) in [6, 6.07) is 6.21. The van der Waals surface area contributed by atoms with Crippen molar-refractivity contribution >= 4 is 5.97 Å². The summed E-state index contributed by atoms with van der Waals surface area (Å²) in [5.41, 5.74) is 2.31. The van der Waals surface area contributed by atoms with Crippen LogP contribution in [0.4, 0.5) is 13.2 Å². The summed E-state index contributed by atoms with van der Waals surface area (Å²) in [4.78, 5) is 12.3. The second-order valence-corrected chi connectivity index (χ2v) is 5.60. The molecule has 7 heteroatoms. The van der Waals surface area contributed by atoms with Crippen molar-refractivity contribution in [3.8, 4) is 0 Å². The number of unbranched alkanes of at least 4 members (excludes halogenated alkanes) is 2. The van der Waals surface area contributed by atoms with Gasteiger partial charge in [-0.1, -0.05) is 56.5 Å². The van der Waals surface area contributed by atoms with Crippen molar-refractivity contribution in [1.29, 1.82) is 0 Å². The van der Waals surface area contributed by atoms with E-state index in [1.807, 2.05) is 6.92 Å². The third-order valence-electron chi connectivity index (χ3n) is 3.78. The Bertz CT molecular complexity index is 508. The Morgan fingerprint density at radius 2 is 1.83 bits per heavy atom. The Hall–Kier alpha value is -1.60. The van der Waals surface area contributed by atoms with Crippen LogP contribution in [0, 0.1) is 0 Å². The molecule has 0 heterocycles. The third kappa shape index (κ3) is 4.70. The van der Waals surface area contributed by atoms with Crippen molar-refractivity contribution in [3.63, 3.8) is 0 Å². The minimum Gasteiger partial charge on any atom is -0.461 e. The number of nitrogens with two attached hydrogens (primary N) is 1. The number of alkyl halides is 3. The van der Waals surface area contributed by atoms with Gasteiger partial charge in [-0.05, 0) is 6.42 Å². The number of methoxy groups -OCH3 is 1. The molecule has 0 aliphatic heterocycles. The predicted molar refractivity (Wildman–Crippen MR) is 84.3 cm³/mol. The number of hydrogen-bond acceptors (Lipinski definition) is 4. The second-order valence-electron chi connectivity index (χ2n) is 5.60. The largest absolute Gasteiger partial charge is 0.461 e. The zero-order chi connectivity index (χ0) is 18.2. The Kier molecular flexibility index (Phi) is 7.69. The van der Waals surface area contributed by atoms with Gasteiger partial charge in [0, 0.05) is 18.7 Å². The van der Waals surface area contributed by atoms with Crippen molar-refractivity contribution in [2.75, 3.05) is 13.7 Å². The quantitative estimate of drug-likeness (QED) is 0.548. The van der Waals surface area contributed by atoms with Crippen LogP contribution in [0.3, 0.4) is 0 Å². The van der Waals surface area contributed by atoms with Gasteiger partial charge in [-0.2, -0.15) is 13.2 Å². The van der Waals surface area contributed by atoms with Gasteiger partial charge in [-0.25, -0.2) is 4.79 Å². The number of benzene rings is 1. The van der Waals surface area contributed by atoms with E-state index in [1.54, 1.807) is 6.07 Å². The summed E-state index contributed by atoms with van der Waals surface area (Å²) in [7, 11) is 0.836. The van der Waals surface area contributed by atoms with E-state index in [2.05, 4.69) is 4.74 Å². The third-order valence-corrected chi connectivity index (χ3v) is 3.78. The molecule has 0 fully saturated rings. The first-order chi connectivity index (χ1) is 11.3. The monoisotopic (exact) mass is 347 g/mol. The lowest BCUT2D eigenvalue weighted by atomic mass is 9.92. The predicted octanol–water partition coefficient (Wildman–Crippen LogP) is 3.54. The highest BCUT2D eigenvalue weighted by atomic mass is 19.4. The van der Waals surface area contributed by atoms with Gasteiger partial charge in [0.05, 0.1) is 0 Å². The maximum Gasteiger partial charge on any atom is 0.432 e. The van der Waals surface area contributed by atoms with Crippen LogP contribution >= 0.6 is 0 Å². The van der Waals surface area contributed by atoms with E-state index < -0.39 is 23.8 Å². The van der Waals surface area contributed by atoms with Gasteiger partial charge in [0.2, 0.25) is 0 Å². The molecule has 4 nitrogen and oxygen atoms in total. The molecular weight excluding hydrogens is 323 g/mol. The van der Waals surface area contributed by atoms with Gasteiger partial charge in [-0.15, -0.1) is 0 Å². The van der Waals surface area contributed by atoms with Crippen LogP contribution in [0.2, 0.25) is 0 Å². The number of esters is 1. The molecule has 0 spiro atoms. The fourth-order valence-electron chi connectivity index (χ4n) is 2.41. The van der Waals surface area contributed by atoms with Gasteiger partial charge in [0.15, 0.2) is 0 Å². The number of rotatable bonds is 9. The SMILES string of the molecule is CCCCC[C@@H](N)COC(=O)C(OC)(c1ccccc1)C(F)(F)F. The van der Waals surface area contributed by atoms with Gasteiger partial charge >= 0.3 is 12.1 Å². The number of halogens is 3. The lowest BCUT2D eigenvalue weighted by Crippen LogP contribution is -2.52. The zero-order valence-electron chi connectivity index (χ0n) is 13.9. The molecule has 1 rings (SSSR count). The molecule has 0 saturated carbocycles. The highest BCUT2D eigenvalue weighted by Gasteiger charge is 2.64. The molecule has 0 aliphatic rings. The molecule has 0 amide bonds. The zero-order valence-corrected chi connectivity index (χ0v) is 13.9. The van der Waals surface area contributed by atoms with E-state index in [0.717, 1.165) is 26.4 Å². The van der Waals surface area contributed by atoms with Gasteiger partial charge in [-0.3, -0.25) is 0 Å². The minimum atomic E-state index is -4.97. The van der Waals surface area contributed by atoms with Crippen LogP contribution in [0.15, 0.2) is 30.3 Å². The molecule has 2 N–H and O–H groups in total. The molecule has 1 aromatic rings. The summed E-state index contributed by atoms with van der Waals surface area (Å²) in [5, 5.41) is 0. The van der Waals surface area contributed by atoms with E-state index in [4.69, 9.17) is 10.5 Å². The first-order valence-corrected chi connectivity index (χ1v) is 7.89. The lowest BCUT2D eigenvalue weighted by molar-refractivity contribution is -0.276. The minimum absolute atomic E-state index is 0.281.